The fourth-order valence-corrected chi connectivity index (χ4v) is 2.62. The lowest BCUT2D eigenvalue weighted by Gasteiger charge is -2.07. The van der Waals surface area contributed by atoms with Crippen LogP contribution in [0.1, 0.15) is 19.8 Å². The summed E-state index contributed by atoms with van der Waals surface area (Å²) < 4.78 is 2.26. The van der Waals surface area contributed by atoms with E-state index in [4.69, 9.17) is 5.11 Å². The molecule has 0 aliphatic carbocycles. The first-order valence-corrected chi connectivity index (χ1v) is 7.04. The number of para-hydroxylation sites is 2. The van der Waals surface area contributed by atoms with Gasteiger partial charge < -0.3 is 9.67 Å². The second kappa shape index (κ2) is 6.07. The summed E-state index contributed by atoms with van der Waals surface area (Å²) in [7, 11) is 0. The van der Waals surface area contributed by atoms with Crippen molar-refractivity contribution < 1.29 is 5.11 Å². The third kappa shape index (κ3) is 2.82. The van der Waals surface area contributed by atoms with Crippen LogP contribution >= 0.6 is 11.8 Å². The monoisotopic (exact) mass is 250 g/mol. The van der Waals surface area contributed by atoms with Crippen LogP contribution in [0.25, 0.3) is 11.0 Å². The van der Waals surface area contributed by atoms with Gasteiger partial charge in [-0.1, -0.05) is 37.2 Å². The van der Waals surface area contributed by atoms with Gasteiger partial charge in [0.05, 0.1) is 17.6 Å². The number of fused-ring (bicyclic) bond motifs is 1. The second-order valence-corrected chi connectivity index (χ2v) is 5.02. The molecule has 3 nitrogen and oxygen atoms in total. The minimum absolute atomic E-state index is 0.196. The van der Waals surface area contributed by atoms with Gasteiger partial charge in [0.2, 0.25) is 0 Å². The summed E-state index contributed by atoms with van der Waals surface area (Å²) >= 11 is 1.63. The molecule has 0 atom stereocenters. The lowest BCUT2D eigenvalue weighted by atomic mass is 10.3. The van der Waals surface area contributed by atoms with Gasteiger partial charge in [0.1, 0.15) is 0 Å². The van der Waals surface area contributed by atoms with Gasteiger partial charge in [-0.25, -0.2) is 4.98 Å². The van der Waals surface area contributed by atoms with E-state index in [9.17, 15) is 0 Å². The Hall–Kier alpha value is -1.00. The summed E-state index contributed by atoms with van der Waals surface area (Å²) in [6, 6.07) is 8.22. The first-order valence-electron chi connectivity index (χ1n) is 6.05. The predicted molar refractivity (Wildman–Crippen MR) is 72.5 cm³/mol. The van der Waals surface area contributed by atoms with Crippen molar-refractivity contribution in [1.82, 2.24) is 9.55 Å². The Morgan fingerprint density at radius 1 is 1.35 bits per heavy atom. The van der Waals surface area contributed by atoms with E-state index in [0.29, 0.717) is 5.75 Å². The Kier molecular flexibility index (Phi) is 4.45. The number of nitrogens with zero attached hydrogens (tertiary/aromatic N) is 2. The number of hydrogen-bond donors (Lipinski definition) is 1. The highest BCUT2D eigenvalue weighted by Gasteiger charge is 2.09. The molecular formula is C13H18N2OS. The van der Waals surface area contributed by atoms with Crippen molar-refractivity contribution >= 4 is 22.8 Å². The van der Waals surface area contributed by atoms with Gasteiger partial charge in [0, 0.05) is 12.3 Å². The fourth-order valence-electron chi connectivity index (χ4n) is 1.83. The minimum Gasteiger partial charge on any atom is -0.396 e. The maximum Gasteiger partial charge on any atom is 0.169 e. The third-order valence-corrected chi connectivity index (χ3v) is 3.63. The lowest BCUT2D eigenvalue weighted by molar-refractivity contribution is 0.322. The molecule has 0 fully saturated rings. The molecular weight excluding hydrogens is 232 g/mol. The van der Waals surface area contributed by atoms with Crippen molar-refractivity contribution in [2.45, 2.75) is 31.5 Å². The van der Waals surface area contributed by atoms with E-state index in [1.807, 2.05) is 18.2 Å². The molecule has 0 radical (unpaired) electrons. The van der Waals surface area contributed by atoms with E-state index in [1.54, 1.807) is 11.8 Å². The number of hydrogen-bond acceptors (Lipinski definition) is 3. The topological polar surface area (TPSA) is 38.0 Å². The van der Waals surface area contributed by atoms with Gasteiger partial charge in [-0.3, -0.25) is 0 Å². The van der Waals surface area contributed by atoms with Gasteiger partial charge in [0.25, 0.3) is 0 Å². The van der Waals surface area contributed by atoms with Gasteiger partial charge in [0.15, 0.2) is 5.16 Å². The first kappa shape index (κ1) is 12.5. The Balaban J connectivity index is 2.34. The Morgan fingerprint density at radius 3 is 2.94 bits per heavy atom. The molecule has 0 saturated carbocycles. The number of benzene rings is 1. The number of rotatable bonds is 6. The summed E-state index contributed by atoms with van der Waals surface area (Å²) in [4.78, 5) is 4.62. The molecule has 0 spiro atoms. The molecule has 0 aliphatic heterocycles. The third-order valence-electron chi connectivity index (χ3n) is 2.68. The van der Waals surface area contributed by atoms with Crippen LogP contribution in [0.2, 0.25) is 0 Å². The second-order valence-electron chi connectivity index (χ2n) is 3.96. The average Bonchev–Trinajstić information content (AvgIpc) is 2.71. The van der Waals surface area contributed by atoms with E-state index in [-0.39, 0.29) is 6.61 Å². The molecule has 1 N–H and O–H groups in total. The maximum atomic E-state index is 8.91. The summed E-state index contributed by atoms with van der Waals surface area (Å²) in [6.07, 6.45) is 2.34. The summed E-state index contributed by atoms with van der Waals surface area (Å²) in [5, 5.41) is 9.93. The van der Waals surface area contributed by atoms with Crippen LogP contribution in [-0.2, 0) is 6.54 Å². The molecule has 0 amide bonds. The zero-order chi connectivity index (χ0) is 12.1. The smallest absolute Gasteiger partial charge is 0.169 e. The molecule has 92 valence electrons. The Labute approximate surface area is 106 Å². The molecule has 2 rings (SSSR count). The molecule has 4 heteroatoms. The average molecular weight is 250 g/mol. The van der Waals surface area contributed by atoms with Crippen LogP contribution in [0.3, 0.4) is 0 Å². The largest absolute Gasteiger partial charge is 0.396 e. The van der Waals surface area contributed by atoms with Crippen molar-refractivity contribution in [1.29, 1.82) is 0 Å². The van der Waals surface area contributed by atoms with E-state index >= 15 is 0 Å². The van der Waals surface area contributed by atoms with E-state index in [1.165, 1.54) is 11.9 Å². The fraction of sp³-hybridized carbons (Fsp3) is 0.462. The van der Waals surface area contributed by atoms with E-state index < -0.39 is 0 Å². The van der Waals surface area contributed by atoms with E-state index in [2.05, 4.69) is 22.5 Å². The number of aromatic nitrogens is 2. The highest BCUT2D eigenvalue weighted by atomic mass is 32.2. The molecule has 0 unspecified atom stereocenters. The van der Waals surface area contributed by atoms with Gasteiger partial charge in [-0.05, 0) is 18.6 Å². The van der Waals surface area contributed by atoms with Crippen LogP contribution in [0, 0.1) is 0 Å². The zero-order valence-electron chi connectivity index (χ0n) is 10.1. The maximum absolute atomic E-state index is 8.91. The highest BCUT2D eigenvalue weighted by Crippen LogP contribution is 2.24. The molecule has 1 aromatic carbocycles. The Bertz CT molecular complexity index is 481. The zero-order valence-corrected chi connectivity index (χ0v) is 10.9. The standard InChI is InChI=1S/C13H18N2OS/c1-2-3-8-15-12-7-5-4-6-11(12)14-13(15)17-10-9-16/h4-7,16H,2-3,8-10H2,1H3. The number of aryl methyl sites for hydroxylation is 1. The molecule has 1 aromatic heterocycles. The number of thioether (sulfide) groups is 1. The van der Waals surface area contributed by atoms with E-state index in [0.717, 1.165) is 23.6 Å². The predicted octanol–water partition coefficient (Wildman–Crippen LogP) is 2.92. The normalized spacial score (nSPS) is 11.2. The number of imidazole rings is 1. The van der Waals surface area contributed by atoms with Crippen molar-refractivity contribution in [2.24, 2.45) is 0 Å². The van der Waals surface area contributed by atoms with Gasteiger partial charge >= 0.3 is 0 Å². The first-order chi connectivity index (χ1) is 8.36. The van der Waals surface area contributed by atoms with Crippen LogP contribution in [-0.4, -0.2) is 27.0 Å². The van der Waals surface area contributed by atoms with Crippen LogP contribution in [0.5, 0.6) is 0 Å². The summed E-state index contributed by atoms with van der Waals surface area (Å²) in [5.74, 6) is 0.704. The van der Waals surface area contributed by atoms with Crippen LogP contribution in [0.4, 0.5) is 0 Å². The summed E-state index contributed by atoms with van der Waals surface area (Å²) in [5.41, 5.74) is 2.24. The number of aliphatic hydroxyl groups is 1. The Morgan fingerprint density at radius 2 is 2.18 bits per heavy atom. The van der Waals surface area contributed by atoms with Crippen LogP contribution < -0.4 is 0 Å². The van der Waals surface area contributed by atoms with Crippen molar-refractivity contribution in [3.05, 3.63) is 24.3 Å². The van der Waals surface area contributed by atoms with Crippen molar-refractivity contribution in [3.8, 4) is 0 Å². The lowest BCUT2D eigenvalue weighted by Crippen LogP contribution is -2.00. The van der Waals surface area contributed by atoms with Crippen molar-refractivity contribution in [2.75, 3.05) is 12.4 Å². The molecule has 2 aromatic rings. The highest BCUT2D eigenvalue weighted by molar-refractivity contribution is 7.99. The summed E-state index contributed by atoms with van der Waals surface area (Å²) in [6.45, 7) is 3.39. The SMILES string of the molecule is CCCCn1c(SCCO)nc2ccccc21. The molecule has 17 heavy (non-hydrogen) atoms. The number of unbranched alkanes of at least 4 members (excludes halogenated alkanes) is 1. The number of aliphatic hydroxyl groups excluding tert-OH is 1. The van der Waals surface area contributed by atoms with Crippen LogP contribution in [0.15, 0.2) is 29.4 Å². The van der Waals surface area contributed by atoms with Gasteiger partial charge in [-0.15, -0.1) is 0 Å². The quantitative estimate of drug-likeness (QED) is 0.801. The minimum atomic E-state index is 0.196. The molecule has 0 aliphatic rings. The molecule has 1 heterocycles. The molecule has 0 bridgehead atoms. The van der Waals surface area contributed by atoms with Gasteiger partial charge in [-0.2, -0.15) is 0 Å². The molecule has 0 saturated heterocycles. The van der Waals surface area contributed by atoms with Crippen molar-refractivity contribution in [3.63, 3.8) is 0 Å².